The average Bonchev–Trinajstić information content (AvgIpc) is 2.37. The highest BCUT2D eigenvalue weighted by Gasteiger charge is 2.25. The van der Waals surface area contributed by atoms with Crippen molar-refractivity contribution < 1.29 is 14.3 Å². The molecule has 22 heavy (non-hydrogen) atoms. The summed E-state index contributed by atoms with van der Waals surface area (Å²) < 4.78 is 4.97. The average molecular weight is 360 g/mol. The fraction of sp³-hybridized carbons (Fsp3) is 0.857. The highest BCUT2D eigenvalue weighted by molar-refractivity contribution is 5.87. The number of unbranched alkanes of at least 4 members (excludes halogenated alkanes) is 1. The molecule has 0 aliphatic heterocycles. The van der Waals surface area contributed by atoms with Gasteiger partial charge in [0.25, 0.3) is 0 Å². The van der Waals surface area contributed by atoms with Crippen LogP contribution in [0.25, 0.3) is 0 Å². The lowest BCUT2D eigenvalue weighted by Gasteiger charge is -2.21. The van der Waals surface area contributed by atoms with Crippen molar-refractivity contribution in [2.24, 2.45) is 17.4 Å². The van der Waals surface area contributed by atoms with Gasteiger partial charge in [-0.1, -0.05) is 20.3 Å². The van der Waals surface area contributed by atoms with Gasteiger partial charge in [-0.2, -0.15) is 0 Å². The van der Waals surface area contributed by atoms with Crippen LogP contribution in [0.3, 0.4) is 0 Å². The van der Waals surface area contributed by atoms with E-state index in [2.05, 4.69) is 5.32 Å². The molecule has 0 radical (unpaired) electrons. The molecule has 0 aromatic rings. The van der Waals surface area contributed by atoms with Gasteiger partial charge in [0, 0.05) is 0 Å². The molecule has 0 fully saturated rings. The molecular formula is C14H31Cl2N3O3. The molecule has 0 bridgehead atoms. The van der Waals surface area contributed by atoms with Crippen LogP contribution in [0.4, 0.5) is 0 Å². The van der Waals surface area contributed by atoms with Gasteiger partial charge >= 0.3 is 5.97 Å². The lowest BCUT2D eigenvalue weighted by atomic mass is 10.0. The Balaban J connectivity index is -0.00000180. The van der Waals surface area contributed by atoms with E-state index in [4.69, 9.17) is 16.2 Å². The van der Waals surface area contributed by atoms with Gasteiger partial charge in [-0.25, -0.2) is 4.79 Å². The number of nitrogens with two attached hydrogens (primary N) is 2. The summed E-state index contributed by atoms with van der Waals surface area (Å²) in [5.41, 5.74) is 11.2. The fourth-order valence-corrected chi connectivity index (χ4v) is 1.85. The minimum absolute atomic E-state index is 0. The van der Waals surface area contributed by atoms with Crippen molar-refractivity contribution in [3.8, 4) is 0 Å². The number of rotatable bonds is 10. The predicted octanol–water partition coefficient (Wildman–Crippen LogP) is 1.38. The number of halogens is 2. The number of nitrogens with one attached hydrogen (secondary N) is 1. The van der Waals surface area contributed by atoms with Crippen LogP contribution >= 0.6 is 24.8 Å². The number of carbonyl (C=O) groups is 2. The highest BCUT2D eigenvalue weighted by Crippen LogP contribution is 2.07. The minimum atomic E-state index is -0.622. The SMILES string of the molecule is CCOC(=O)[C@H](CC(C)C)NC(=O)[C@@H](N)CCCCN.Cl.Cl. The van der Waals surface area contributed by atoms with Crippen molar-refractivity contribution in [1.29, 1.82) is 0 Å². The molecule has 0 spiro atoms. The van der Waals surface area contributed by atoms with E-state index in [9.17, 15) is 9.59 Å². The van der Waals surface area contributed by atoms with E-state index in [0.29, 0.717) is 26.0 Å². The number of amides is 1. The van der Waals surface area contributed by atoms with Crippen LogP contribution in [0.1, 0.15) is 46.5 Å². The molecule has 6 nitrogen and oxygen atoms in total. The molecule has 0 aromatic carbocycles. The first-order chi connectivity index (χ1) is 9.42. The van der Waals surface area contributed by atoms with E-state index >= 15 is 0 Å². The van der Waals surface area contributed by atoms with Gasteiger partial charge in [-0.3, -0.25) is 4.79 Å². The molecule has 0 aromatic heterocycles. The normalized spacial score (nSPS) is 12.6. The van der Waals surface area contributed by atoms with Crippen molar-refractivity contribution in [2.75, 3.05) is 13.2 Å². The van der Waals surface area contributed by atoms with Crippen LogP contribution in [-0.2, 0) is 14.3 Å². The molecule has 2 atom stereocenters. The maximum absolute atomic E-state index is 12.0. The van der Waals surface area contributed by atoms with Crippen LogP contribution in [0.5, 0.6) is 0 Å². The van der Waals surface area contributed by atoms with Gasteiger partial charge in [-0.05, 0) is 38.6 Å². The van der Waals surface area contributed by atoms with E-state index in [1.807, 2.05) is 13.8 Å². The second-order valence-electron chi connectivity index (χ2n) is 5.33. The third-order valence-corrected chi connectivity index (χ3v) is 2.90. The van der Waals surface area contributed by atoms with Crippen molar-refractivity contribution in [2.45, 2.75) is 58.5 Å². The van der Waals surface area contributed by atoms with Crippen molar-refractivity contribution >= 4 is 36.7 Å². The van der Waals surface area contributed by atoms with E-state index < -0.39 is 18.1 Å². The summed E-state index contributed by atoms with van der Waals surface area (Å²) in [5, 5.41) is 2.69. The molecule has 0 saturated carbocycles. The molecule has 0 rings (SSSR count). The first-order valence-electron chi connectivity index (χ1n) is 7.35. The molecule has 0 heterocycles. The smallest absolute Gasteiger partial charge is 0.328 e. The Morgan fingerprint density at radius 1 is 1.18 bits per heavy atom. The standard InChI is InChI=1S/C14H29N3O3.2ClH/c1-4-20-14(19)12(9-10(2)3)17-13(18)11(16)7-5-6-8-15;;/h10-12H,4-9,15-16H2,1-3H3,(H,17,18);2*1H/t11-,12-;;/m0../s1. The molecule has 8 heteroatoms. The lowest BCUT2D eigenvalue weighted by Crippen LogP contribution is -2.49. The third kappa shape index (κ3) is 12.0. The van der Waals surface area contributed by atoms with E-state index in [0.717, 1.165) is 12.8 Å². The monoisotopic (exact) mass is 359 g/mol. The van der Waals surface area contributed by atoms with E-state index in [-0.39, 0.29) is 36.6 Å². The molecule has 0 aliphatic rings. The lowest BCUT2D eigenvalue weighted by molar-refractivity contribution is -0.148. The van der Waals surface area contributed by atoms with Crippen molar-refractivity contribution in [3.63, 3.8) is 0 Å². The van der Waals surface area contributed by atoms with Crippen LogP contribution in [-0.4, -0.2) is 37.1 Å². The Morgan fingerprint density at radius 2 is 1.77 bits per heavy atom. The highest BCUT2D eigenvalue weighted by atomic mass is 35.5. The van der Waals surface area contributed by atoms with Gasteiger partial charge in [0.05, 0.1) is 12.6 Å². The number of ether oxygens (including phenoxy) is 1. The summed E-state index contributed by atoms with van der Waals surface area (Å²) in [6.07, 6.45) is 2.76. The van der Waals surface area contributed by atoms with Crippen LogP contribution in [0, 0.1) is 5.92 Å². The summed E-state index contributed by atoms with van der Waals surface area (Å²) in [6, 6.07) is -1.23. The maximum atomic E-state index is 12.0. The van der Waals surface area contributed by atoms with Crippen molar-refractivity contribution in [3.05, 3.63) is 0 Å². The number of hydrogen-bond donors (Lipinski definition) is 3. The maximum Gasteiger partial charge on any atom is 0.328 e. The Bertz CT molecular complexity index is 305. The zero-order chi connectivity index (χ0) is 15.5. The quantitative estimate of drug-likeness (QED) is 0.403. The first-order valence-corrected chi connectivity index (χ1v) is 7.35. The summed E-state index contributed by atoms with van der Waals surface area (Å²) in [7, 11) is 0. The third-order valence-electron chi connectivity index (χ3n) is 2.90. The first kappa shape index (κ1) is 26.3. The van der Waals surface area contributed by atoms with Gasteiger partial charge in [0.1, 0.15) is 6.04 Å². The van der Waals surface area contributed by atoms with Crippen LogP contribution in [0.15, 0.2) is 0 Å². The number of esters is 1. The summed E-state index contributed by atoms with van der Waals surface area (Å²) in [5.74, 6) is -0.428. The Labute approximate surface area is 145 Å². The summed E-state index contributed by atoms with van der Waals surface area (Å²) in [6.45, 7) is 6.60. The minimum Gasteiger partial charge on any atom is -0.464 e. The number of hydrogen-bond acceptors (Lipinski definition) is 5. The van der Waals surface area contributed by atoms with Gasteiger partial charge in [0.15, 0.2) is 0 Å². The molecule has 5 N–H and O–H groups in total. The molecule has 134 valence electrons. The van der Waals surface area contributed by atoms with E-state index in [1.165, 1.54) is 0 Å². The molecule has 0 unspecified atom stereocenters. The zero-order valence-corrected chi connectivity index (χ0v) is 15.3. The van der Waals surface area contributed by atoms with Crippen molar-refractivity contribution in [1.82, 2.24) is 5.32 Å². The van der Waals surface area contributed by atoms with Gasteiger partial charge < -0.3 is 21.5 Å². The van der Waals surface area contributed by atoms with E-state index in [1.54, 1.807) is 6.92 Å². The van der Waals surface area contributed by atoms with Gasteiger partial charge in [0.2, 0.25) is 5.91 Å². The summed E-state index contributed by atoms with van der Waals surface area (Å²) >= 11 is 0. The summed E-state index contributed by atoms with van der Waals surface area (Å²) in [4.78, 5) is 23.8. The second-order valence-corrected chi connectivity index (χ2v) is 5.33. The number of carbonyl (C=O) groups excluding carboxylic acids is 2. The Hall–Kier alpha value is -0.560. The molecular weight excluding hydrogens is 329 g/mol. The second kappa shape index (κ2) is 15.3. The van der Waals surface area contributed by atoms with Crippen LogP contribution in [0.2, 0.25) is 0 Å². The zero-order valence-electron chi connectivity index (χ0n) is 13.7. The van der Waals surface area contributed by atoms with Gasteiger partial charge in [-0.15, -0.1) is 24.8 Å². The Morgan fingerprint density at radius 3 is 2.23 bits per heavy atom. The predicted molar refractivity (Wildman–Crippen MR) is 93.4 cm³/mol. The van der Waals surface area contributed by atoms with Crippen LogP contribution < -0.4 is 16.8 Å². The molecule has 1 amide bonds. The molecule has 0 aliphatic carbocycles. The fourth-order valence-electron chi connectivity index (χ4n) is 1.85. The Kier molecular flexibility index (Phi) is 18.4. The largest absolute Gasteiger partial charge is 0.464 e. The topological polar surface area (TPSA) is 107 Å². The molecule has 0 saturated heterocycles.